The van der Waals surface area contributed by atoms with Gasteiger partial charge >= 0.3 is 33.6 Å². The second-order valence-corrected chi connectivity index (χ2v) is 19.4. The second-order valence-electron chi connectivity index (χ2n) is 14.8. The van der Waals surface area contributed by atoms with Crippen LogP contribution in [-0.2, 0) is 25.1 Å². The van der Waals surface area contributed by atoms with Crippen molar-refractivity contribution in [3.63, 3.8) is 0 Å². The van der Waals surface area contributed by atoms with Gasteiger partial charge in [-0.3, -0.25) is 4.18 Å². The summed E-state index contributed by atoms with van der Waals surface area (Å²) in [5, 5.41) is 0. The predicted molar refractivity (Wildman–Crippen MR) is 159 cm³/mol. The molecule has 0 saturated heterocycles. The minimum Gasteiger partial charge on any atom is -0.263 e. The Morgan fingerprint density at radius 2 is 1.19 bits per heavy atom. The quantitative estimate of drug-likeness (QED) is 0.190. The van der Waals surface area contributed by atoms with Crippen molar-refractivity contribution in [2.45, 2.75) is 115 Å². The fourth-order valence-electron chi connectivity index (χ4n) is 7.23. The lowest BCUT2D eigenvalue weighted by atomic mass is 9.54. The van der Waals surface area contributed by atoms with E-state index in [0.717, 1.165) is 19.3 Å². The molecule has 3 nitrogen and oxygen atoms in total. The molecule has 0 aliphatic heterocycles. The summed E-state index contributed by atoms with van der Waals surface area (Å²) in [5.74, 6) is -4.01. The van der Waals surface area contributed by atoms with Crippen LogP contribution in [0, 0.1) is 24.9 Å². The molecule has 0 amide bonds. The average molecular weight is 738 g/mol. The molecular weight excluding hydrogens is 691 g/mol. The van der Waals surface area contributed by atoms with E-state index in [2.05, 4.69) is 90.1 Å². The molecule has 4 aliphatic rings. The number of alkyl halides is 4. The van der Waals surface area contributed by atoms with E-state index < -0.39 is 40.2 Å². The standard InChI is InChI=1S/C20H26I.C14H20F4O3S/c1-19(2,3)15-11-7-9-13-17(15)21-18-14-10-8-12-16(18)20(4,5)6;15-12(16)14(17,18)1-2-22(19,20)21-13-6-9-3-10(7-13)5-11(4-9)8-13/h7-14H,1-6H3;9-12H,1-8H2/q+1;. The average Bonchev–Trinajstić information content (AvgIpc) is 2.86. The van der Waals surface area contributed by atoms with Gasteiger partial charge in [-0.2, -0.15) is 8.42 Å². The van der Waals surface area contributed by atoms with E-state index in [1.54, 1.807) is 7.14 Å². The molecule has 0 aromatic heterocycles. The minimum absolute atomic E-state index is 0.147. The van der Waals surface area contributed by atoms with E-state index in [-0.39, 0.29) is 32.0 Å². The number of hydrogen-bond donors (Lipinski definition) is 0. The molecule has 240 valence electrons. The van der Waals surface area contributed by atoms with E-state index in [4.69, 9.17) is 4.18 Å². The Labute approximate surface area is 266 Å². The van der Waals surface area contributed by atoms with Crippen LogP contribution in [0.1, 0.15) is 97.6 Å². The van der Waals surface area contributed by atoms with Crippen LogP contribution in [0.5, 0.6) is 0 Å². The van der Waals surface area contributed by atoms with Gasteiger partial charge in [0.25, 0.3) is 10.1 Å². The monoisotopic (exact) mass is 737 g/mol. The molecule has 0 heterocycles. The fourth-order valence-corrected chi connectivity index (χ4v) is 12.5. The van der Waals surface area contributed by atoms with Crippen LogP contribution in [0.4, 0.5) is 17.6 Å². The van der Waals surface area contributed by atoms with E-state index in [1.807, 2.05) is 0 Å². The Morgan fingerprint density at radius 3 is 1.56 bits per heavy atom. The van der Waals surface area contributed by atoms with E-state index in [9.17, 15) is 26.0 Å². The highest BCUT2D eigenvalue weighted by atomic mass is 127. The first-order valence-corrected chi connectivity index (χ1v) is 19.0. The van der Waals surface area contributed by atoms with Gasteiger partial charge in [0.2, 0.25) is 0 Å². The third-order valence-electron chi connectivity index (χ3n) is 8.86. The molecule has 0 unspecified atom stereocenters. The van der Waals surface area contributed by atoms with Gasteiger partial charge < -0.3 is 0 Å². The zero-order valence-electron chi connectivity index (χ0n) is 26.1. The van der Waals surface area contributed by atoms with Gasteiger partial charge in [-0.1, -0.05) is 77.9 Å². The van der Waals surface area contributed by atoms with Gasteiger partial charge in [0, 0.05) is 17.5 Å². The van der Waals surface area contributed by atoms with Gasteiger partial charge in [-0.25, -0.2) is 17.6 Å². The van der Waals surface area contributed by atoms with E-state index in [0.29, 0.717) is 37.0 Å². The molecule has 4 fully saturated rings. The molecule has 4 saturated carbocycles. The molecular formula is C34H46F4IO3S+. The Kier molecular flexibility index (Phi) is 10.4. The lowest BCUT2D eigenvalue weighted by molar-refractivity contribution is -0.599. The van der Waals surface area contributed by atoms with Gasteiger partial charge in [0.05, 0.1) is 11.4 Å². The van der Waals surface area contributed by atoms with Crippen LogP contribution >= 0.6 is 0 Å². The highest BCUT2D eigenvalue weighted by Crippen LogP contribution is 2.57. The van der Waals surface area contributed by atoms with Crippen molar-refractivity contribution < 1.29 is 51.4 Å². The third-order valence-corrected chi connectivity index (χ3v) is 13.2. The summed E-state index contributed by atoms with van der Waals surface area (Å²) in [7, 11) is -4.22. The van der Waals surface area contributed by atoms with E-state index in [1.165, 1.54) is 11.1 Å². The van der Waals surface area contributed by atoms with Crippen molar-refractivity contribution in [2.24, 2.45) is 17.8 Å². The van der Waals surface area contributed by atoms with Crippen LogP contribution in [0.15, 0.2) is 48.5 Å². The number of rotatable bonds is 8. The number of benzene rings is 2. The summed E-state index contributed by atoms with van der Waals surface area (Å²) in [4.78, 5) is 0. The first-order valence-electron chi connectivity index (χ1n) is 15.2. The van der Waals surface area contributed by atoms with Gasteiger partial charge in [-0.05, 0) is 79.2 Å². The van der Waals surface area contributed by atoms with Crippen molar-refractivity contribution in [3.05, 3.63) is 66.8 Å². The fraction of sp³-hybridized carbons (Fsp3) is 0.647. The molecule has 0 N–H and O–H groups in total. The predicted octanol–water partition coefficient (Wildman–Crippen LogP) is 6.00. The Balaban J connectivity index is 0.000000197. The summed E-state index contributed by atoms with van der Waals surface area (Å²) < 4.78 is 82.4. The molecule has 43 heavy (non-hydrogen) atoms. The maximum Gasteiger partial charge on any atom is 0.358 e. The maximum absolute atomic E-state index is 12.9. The van der Waals surface area contributed by atoms with Crippen LogP contribution in [-0.4, -0.2) is 32.1 Å². The zero-order valence-corrected chi connectivity index (χ0v) is 29.1. The van der Waals surface area contributed by atoms with Crippen LogP contribution < -0.4 is 21.2 Å². The second kappa shape index (κ2) is 12.9. The largest absolute Gasteiger partial charge is 0.358 e. The molecule has 4 bridgehead atoms. The molecule has 0 atom stereocenters. The van der Waals surface area contributed by atoms with Crippen LogP contribution in [0.25, 0.3) is 0 Å². The molecule has 2 aromatic carbocycles. The molecule has 6 rings (SSSR count). The van der Waals surface area contributed by atoms with E-state index >= 15 is 0 Å². The van der Waals surface area contributed by atoms with Gasteiger partial charge in [-0.15, -0.1) is 0 Å². The van der Waals surface area contributed by atoms with Crippen LogP contribution in [0.2, 0.25) is 0 Å². The first-order chi connectivity index (χ1) is 19.8. The number of hydrogen-bond acceptors (Lipinski definition) is 3. The summed E-state index contributed by atoms with van der Waals surface area (Å²) in [6.07, 6.45) is -0.0673. The number of halogens is 5. The zero-order chi connectivity index (χ0) is 31.8. The molecule has 0 spiro atoms. The van der Waals surface area contributed by atoms with Crippen molar-refractivity contribution in [1.29, 1.82) is 0 Å². The Hall–Kier alpha value is -1.20. The third kappa shape index (κ3) is 8.96. The van der Waals surface area contributed by atoms with Crippen molar-refractivity contribution in [2.75, 3.05) is 5.75 Å². The summed E-state index contributed by atoms with van der Waals surface area (Å²) in [5.41, 5.74) is 2.66. The lowest BCUT2D eigenvalue weighted by Crippen LogP contribution is -3.62. The van der Waals surface area contributed by atoms with Crippen molar-refractivity contribution in [1.82, 2.24) is 0 Å². The summed E-state index contributed by atoms with van der Waals surface area (Å²) >= 11 is -0.147. The molecule has 0 radical (unpaired) electrons. The maximum atomic E-state index is 12.9. The van der Waals surface area contributed by atoms with Crippen molar-refractivity contribution in [3.8, 4) is 0 Å². The minimum atomic E-state index is -4.29. The Bertz CT molecular complexity index is 1270. The normalized spacial score (nSPS) is 25.5. The lowest BCUT2D eigenvalue weighted by Gasteiger charge is -2.55. The summed E-state index contributed by atoms with van der Waals surface area (Å²) in [6, 6.07) is 18.0. The topological polar surface area (TPSA) is 43.4 Å². The van der Waals surface area contributed by atoms with Crippen LogP contribution in [0.3, 0.4) is 0 Å². The van der Waals surface area contributed by atoms with Crippen molar-refractivity contribution >= 4 is 10.1 Å². The Morgan fingerprint density at radius 1 is 0.791 bits per heavy atom. The molecule has 9 heteroatoms. The van der Waals surface area contributed by atoms with Gasteiger partial charge in [0.15, 0.2) is 7.14 Å². The first kappa shape index (κ1) is 34.7. The smallest absolute Gasteiger partial charge is 0.263 e. The summed E-state index contributed by atoms with van der Waals surface area (Å²) in [6.45, 7) is 13.9. The molecule has 2 aromatic rings. The molecule has 4 aliphatic carbocycles. The highest BCUT2D eigenvalue weighted by molar-refractivity contribution is 7.86. The van der Waals surface area contributed by atoms with Gasteiger partial charge in [0.1, 0.15) is 0 Å². The SMILES string of the molecule is CC(C)(C)c1ccccc1[I+]c1ccccc1C(C)(C)C.O=S(=O)(CCC(F)(F)C(F)F)OC12CC3CC(CC(C3)C1)C2. The highest BCUT2D eigenvalue weighted by Gasteiger charge is 2.54.